The summed E-state index contributed by atoms with van der Waals surface area (Å²) >= 11 is 0. The van der Waals surface area contributed by atoms with Gasteiger partial charge in [-0.15, -0.1) is 0 Å². The molecule has 1 N–H and O–H groups in total. The fraction of sp³-hybridized carbons (Fsp3) is 0.357. The summed E-state index contributed by atoms with van der Waals surface area (Å²) in [6.45, 7) is 5.31. The highest BCUT2D eigenvalue weighted by atomic mass is 16.2. The van der Waals surface area contributed by atoms with Crippen LogP contribution in [0.2, 0.25) is 0 Å². The number of rotatable bonds is 2. The molecule has 1 aliphatic rings. The van der Waals surface area contributed by atoms with Crippen LogP contribution in [-0.4, -0.2) is 28.8 Å². The Morgan fingerprint density at radius 1 is 1.43 bits per heavy atom. The molecule has 1 unspecified atom stereocenters. The fourth-order valence-corrected chi connectivity index (χ4v) is 2.61. The first-order valence-electron chi connectivity index (χ1n) is 6.58. The molecule has 21 heavy (non-hydrogen) atoms. The molecule has 1 aromatic heterocycles. The number of amides is 2. The van der Waals surface area contributed by atoms with Gasteiger partial charge in [-0.3, -0.25) is 24.0 Å². The topological polar surface area (TPSA) is 73.1 Å². The van der Waals surface area contributed by atoms with Crippen molar-refractivity contribution in [2.24, 2.45) is 7.05 Å². The number of nitrogens with zero attached hydrogens (tertiary/aromatic N) is 2. The van der Waals surface area contributed by atoms with Crippen LogP contribution < -0.4 is 21.7 Å². The van der Waals surface area contributed by atoms with Crippen molar-refractivity contribution in [2.45, 2.75) is 25.8 Å². The number of carbonyl (C=O) groups is 2. The number of carbonyl (C=O) groups excluding carboxylic acids is 2. The molecule has 7 heteroatoms. The van der Waals surface area contributed by atoms with Crippen molar-refractivity contribution in [3.05, 3.63) is 33.8 Å². The van der Waals surface area contributed by atoms with Crippen LogP contribution in [0.3, 0.4) is 0 Å². The van der Waals surface area contributed by atoms with Crippen molar-refractivity contribution in [1.29, 1.82) is 0 Å². The van der Waals surface area contributed by atoms with Gasteiger partial charge >= 0.3 is 5.69 Å². The van der Waals surface area contributed by atoms with Gasteiger partial charge in [0.05, 0.1) is 10.7 Å². The Morgan fingerprint density at radius 3 is 2.62 bits per heavy atom. The number of hydrogen-bond acceptors (Lipinski definition) is 3. The molecule has 6 nitrogen and oxygen atoms in total. The smallest absolute Gasteiger partial charge is 0.296 e. The maximum atomic E-state index is 12.5. The van der Waals surface area contributed by atoms with Crippen LogP contribution in [0.15, 0.2) is 17.4 Å². The van der Waals surface area contributed by atoms with E-state index in [0.29, 0.717) is 16.2 Å². The first-order valence-corrected chi connectivity index (χ1v) is 6.58. The summed E-state index contributed by atoms with van der Waals surface area (Å²) in [5, 5.41) is 3.32. The van der Waals surface area contributed by atoms with Gasteiger partial charge in [-0.25, -0.2) is 4.79 Å². The van der Waals surface area contributed by atoms with Crippen LogP contribution in [0, 0.1) is 0 Å². The average molecular weight is 285 g/mol. The third-order valence-electron chi connectivity index (χ3n) is 3.50. The van der Waals surface area contributed by atoms with Gasteiger partial charge in [0, 0.05) is 13.5 Å². The Hall–Kier alpha value is -2.31. The lowest BCUT2D eigenvalue weighted by Crippen LogP contribution is -2.47. The van der Waals surface area contributed by atoms with E-state index >= 15 is 0 Å². The molecular formula is C14H16BN3O3. The Balaban J connectivity index is 2.80. The first-order chi connectivity index (χ1) is 9.88. The maximum absolute atomic E-state index is 12.5. The largest absolute Gasteiger partial charge is 0.329 e. The van der Waals surface area contributed by atoms with Gasteiger partial charge in [0.2, 0.25) is 11.8 Å². The highest BCUT2D eigenvalue weighted by Gasteiger charge is 2.30. The zero-order chi connectivity index (χ0) is 15.7. The minimum Gasteiger partial charge on any atom is -0.296 e. The van der Waals surface area contributed by atoms with Crippen molar-refractivity contribution < 1.29 is 9.59 Å². The highest BCUT2D eigenvalue weighted by molar-refractivity contribution is 6.37. The van der Waals surface area contributed by atoms with Crippen LogP contribution in [0.5, 0.6) is 0 Å². The molecule has 1 aliphatic heterocycles. The molecule has 0 spiro atoms. The number of hydrogen-bond donors (Lipinski definition) is 1. The van der Waals surface area contributed by atoms with Gasteiger partial charge in [0.25, 0.3) is 0 Å². The molecule has 2 rings (SSSR count). The van der Waals surface area contributed by atoms with Gasteiger partial charge in [-0.2, -0.15) is 0 Å². The molecule has 0 bridgehead atoms. The zero-order valence-electron chi connectivity index (χ0n) is 12.0. The minimum atomic E-state index is -0.722. The lowest BCUT2D eigenvalue weighted by molar-refractivity contribution is -0.135. The molecule has 1 aromatic rings. The predicted molar refractivity (Wildman–Crippen MR) is 79.8 cm³/mol. The molecule has 108 valence electrons. The van der Waals surface area contributed by atoms with Gasteiger partial charge in [-0.1, -0.05) is 25.1 Å². The van der Waals surface area contributed by atoms with E-state index < -0.39 is 11.9 Å². The van der Waals surface area contributed by atoms with Gasteiger partial charge in [-0.05, 0) is 12.5 Å². The van der Waals surface area contributed by atoms with E-state index in [1.165, 1.54) is 15.2 Å². The summed E-state index contributed by atoms with van der Waals surface area (Å²) < 4.78 is 2.77. The first kappa shape index (κ1) is 15.1. The van der Waals surface area contributed by atoms with Crippen molar-refractivity contribution in [2.75, 3.05) is 0 Å². The zero-order valence-corrected chi connectivity index (χ0v) is 12.0. The minimum absolute atomic E-state index is 0.200. The van der Waals surface area contributed by atoms with Crippen molar-refractivity contribution in [1.82, 2.24) is 14.5 Å². The van der Waals surface area contributed by atoms with E-state index in [9.17, 15) is 14.4 Å². The number of imide groups is 1. The van der Waals surface area contributed by atoms with Gasteiger partial charge in [0.1, 0.15) is 13.9 Å². The lowest BCUT2D eigenvalue weighted by Gasteiger charge is -2.21. The molecule has 1 fully saturated rings. The quantitative estimate of drug-likeness (QED) is 0.527. The monoisotopic (exact) mass is 285 g/mol. The molecule has 2 amide bonds. The molecule has 0 aromatic carbocycles. The Labute approximate surface area is 122 Å². The number of imidazole rings is 1. The third kappa shape index (κ3) is 2.51. The Morgan fingerprint density at radius 2 is 2.10 bits per heavy atom. The molecule has 2 heterocycles. The number of allylic oxidation sites excluding steroid dienone is 1. The fourth-order valence-electron chi connectivity index (χ4n) is 2.61. The van der Waals surface area contributed by atoms with Crippen molar-refractivity contribution >= 4 is 31.2 Å². The Bertz CT molecular complexity index is 797. The number of aromatic nitrogens is 2. The lowest BCUT2D eigenvalue weighted by atomic mass is 9.97. The second-order valence-electron chi connectivity index (χ2n) is 5.00. The normalized spacial score (nSPS) is 21.2. The van der Waals surface area contributed by atoms with Crippen LogP contribution in [0.4, 0.5) is 0 Å². The average Bonchev–Trinajstić information content (AvgIpc) is 2.63. The molecule has 1 saturated heterocycles. The van der Waals surface area contributed by atoms with Gasteiger partial charge < -0.3 is 0 Å². The number of piperidine rings is 1. The summed E-state index contributed by atoms with van der Waals surface area (Å²) in [6.07, 6.45) is 3.65. The summed E-state index contributed by atoms with van der Waals surface area (Å²) in [6, 6.07) is -0.722. The molecule has 2 radical (unpaired) electrons. The number of nitrogens with one attached hydrogen (secondary N) is 1. The summed E-state index contributed by atoms with van der Waals surface area (Å²) in [4.78, 5) is 35.7. The van der Waals surface area contributed by atoms with Gasteiger partial charge in [0.15, 0.2) is 0 Å². The van der Waals surface area contributed by atoms with Crippen molar-refractivity contribution in [3.8, 4) is 0 Å². The highest BCUT2D eigenvalue weighted by Crippen LogP contribution is 2.14. The van der Waals surface area contributed by atoms with E-state index in [4.69, 9.17) is 7.85 Å². The molecule has 1 atom stereocenters. The van der Waals surface area contributed by atoms with E-state index in [2.05, 4.69) is 11.9 Å². The Kier molecular flexibility index (Phi) is 4.02. The summed E-state index contributed by atoms with van der Waals surface area (Å²) in [5.41, 5.74) is 0.117. The van der Waals surface area contributed by atoms with E-state index in [1.807, 2.05) is 0 Å². The van der Waals surface area contributed by atoms with Crippen LogP contribution >= 0.6 is 0 Å². The molecule has 0 saturated carbocycles. The standard InChI is InChI=1S/C14H16BN3O3/c1-4-5-9-12(8(2)15)17(3)14(21)18(9)10-6-7-11(19)16-13(10)20/h4-5,10H,1,6-7H2,2-3H3,(H,16,19,20)/b9-5+,12-8-. The summed E-state index contributed by atoms with van der Waals surface area (Å²) in [7, 11) is 7.44. The van der Waals surface area contributed by atoms with Crippen LogP contribution in [0.1, 0.15) is 25.8 Å². The second-order valence-corrected chi connectivity index (χ2v) is 5.00. The van der Waals surface area contributed by atoms with Crippen molar-refractivity contribution in [3.63, 3.8) is 0 Å². The third-order valence-corrected chi connectivity index (χ3v) is 3.50. The summed E-state index contributed by atoms with van der Waals surface area (Å²) in [5.74, 6) is -0.796. The van der Waals surface area contributed by atoms with E-state index in [1.54, 1.807) is 20.0 Å². The van der Waals surface area contributed by atoms with Crippen LogP contribution in [0.25, 0.3) is 11.5 Å². The molecular weight excluding hydrogens is 269 g/mol. The van der Waals surface area contributed by atoms with E-state index in [0.717, 1.165) is 0 Å². The van der Waals surface area contributed by atoms with Crippen LogP contribution in [-0.2, 0) is 16.6 Å². The van der Waals surface area contributed by atoms with E-state index in [-0.39, 0.29) is 24.4 Å². The maximum Gasteiger partial charge on any atom is 0.329 e. The second kappa shape index (κ2) is 5.59. The SMILES string of the molecule is [B]/C(C)=c1/c(=C\C=C)n(C2CCC(=O)NC2=O)c(=O)n1C. The predicted octanol–water partition coefficient (Wildman–Crippen LogP) is -1.57. The molecule has 0 aliphatic carbocycles.